The molecule has 12 nitrogen and oxygen atoms in total. The highest BCUT2D eigenvalue weighted by Crippen LogP contribution is 2.46. The van der Waals surface area contributed by atoms with E-state index in [-0.39, 0.29) is 54.0 Å². The van der Waals surface area contributed by atoms with E-state index in [1.807, 2.05) is 6.92 Å². The lowest BCUT2D eigenvalue weighted by atomic mass is 10.1. The van der Waals surface area contributed by atoms with Crippen molar-refractivity contribution in [1.82, 2.24) is 14.9 Å². The van der Waals surface area contributed by atoms with E-state index in [1.54, 1.807) is 0 Å². The molecule has 1 aliphatic rings. The molecule has 238 valence electrons. The number of carbonyl (C=O) groups is 3. The minimum atomic E-state index is -2.63. The number of aromatic amines is 1. The molecule has 1 aromatic rings. The van der Waals surface area contributed by atoms with Crippen molar-refractivity contribution in [3.05, 3.63) is 33.1 Å². The van der Waals surface area contributed by atoms with Crippen LogP contribution in [0.4, 0.5) is 0 Å². The fourth-order valence-electron chi connectivity index (χ4n) is 5.94. The molecule has 2 rings (SSSR count). The third-order valence-electron chi connectivity index (χ3n) is 8.00. The molecule has 0 aromatic carbocycles. The maximum atomic E-state index is 13.0. The van der Waals surface area contributed by atoms with Crippen molar-refractivity contribution in [2.45, 2.75) is 128 Å². The lowest BCUT2D eigenvalue weighted by molar-refractivity contribution is -0.157. The van der Waals surface area contributed by atoms with E-state index in [0.29, 0.717) is 6.54 Å². The molecule has 2 heterocycles. The summed E-state index contributed by atoms with van der Waals surface area (Å²) in [5.41, 5.74) is -0.864. The van der Waals surface area contributed by atoms with Crippen LogP contribution in [0.25, 0.3) is 0 Å². The zero-order valence-electron chi connectivity index (χ0n) is 26.0. The van der Waals surface area contributed by atoms with Gasteiger partial charge in [0.15, 0.2) is 12.3 Å². The number of ketones is 1. The van der Waals surface area contributed by atoms with Crippen molar-refractivity contribution in [2.24, 2.45) is 0 Å². The molecule has 1 saturated heterocycles. The van der Waals surface area contributed by atoms with Crippen LogP contribution in [-0.4, -0.2) is 72.1 Å². The summed E-state index contributed by atoms with van der Waals surface area (Å²) in [6.45, 7) is 14.6. The van der Waals surface area contributed by atoms with E-state index in [4.69, 9.17) is 13.9 Å². The molecule has 42 heavy (non-hydrogen) atoms. The van der Waals surface area contributed by atoms with Gasteiger partial charge in [-0.15, -0.1) is 0 Å². The van der Waals surface area contributed by atoms with Crippen LogP contribution in [0, 0.1) is 0 Å². The average molecular weight is 612 g/mol. The van der Waals surface area contributed by atoms with Crippen LogP contribution < -0.4 is 16.6 Å². The Bertz CT molecular complexity index is 1140. The number of nitrogens with one attached hydrogen (secondary N) is 2. The Morgan fingerprint density at radius 3 is 2.19 bits per heavy atom. The maximum Gasteiger partial charge on any atom is 0.330 e. The number of hydrogen-bond acceptors (Lipinski definition) is 9. The summed E-state index contributed by atoms with van der Waals surface area (Å²) in [6, 6.07) is 1.18. The molecule has 3 N–H and O–H groups in total. The second kappa shape index (κ2) is 16.3. The van der Waals surface area contributed by atoms with Crippen molar-refractivity contribution in [3.8, 4) is 0 Å². The van der Waals surface area contributed by atoms with Crippen molar-refractivity contribution < 1.29 is 33.4 Å². The number of aromatic nitrogens is 2. The Labute approximate surface area is 248 Å². The molecule has 0 aliphatic carbocycles. The number of hydrogen-bond donors (Lipinski definition) is 3. The number of aliphatic hydroxyl groups is 1. The van der Waals surface area contributed by atoms with Gasteiger partial charge in [0.05, 0.1) is 13.0 Å². The van der Waals surface area contributed by atoms with Gasteiger partial charge in [-0.1, -0.05) is 54.9 Å². The minimum Gasteiger partial charge on any atom is -0.457 e. The van der Waals surface area contributed by atoms with Crippen LogP contribution in [0.1, 0.15) is 93.2 Å². The maximum absolute atomic E-state index is 13.0. The number of nitrogens with zero attached hydrogens (tertiary/aromatic N) is 1. The average Bonchev–Trinajstić information content (AvgIpc) is 3.24. The molecule has 1 aromatic heterocycles. The van der Waals surface area contributed by atoms with Crippen molar-refractivity contribution in [1.29, 1.82) is 0 Å². The summed E-state index contributed by atoms with van der Waals surface area (Å²) in [5, 5.41) is 13.0. The van der Waals surface area contributed by atoms with Crippen molar-refractivity contribution >= 4 is 26.0 Å². The summed E-state index contributed by atoms with van der Waals surface area (Å²) < 4.78 is 20.0. The predicted molar refractivity (Wildman–Crippen MR) is 160 cm³/mol. The molecule has 1 aliphatic heterocycles. The number of aliphatic hydroxyl groups excluding tert-OH is 1. The first kappa shape index (κ1) is 35.6. The second-order valence-electron chi connectivity index (χ2n) is 11.9. The van der Waals surface area contributed by atoms with Crippen molar-refractivity contribution in [2.75, 3.05) is 13.2 Å². The zero-order chi connectivity index (χ0) is 31.6. The highest BCUT2D eigenvalue weighted by Gasteiger charge is 2.55. The smallest absolute Gasteiger partial charge is 0.330 e. The first-order chi connectivity index (χ1) is 19.8. The van der Waals surface area contributed by atoms with Crippen LogP contribution in [0.15, 0.2) is 21.9 Å². The quantitative estimate of drug-likeness (QED) is 0.136. The van der Waals surface area contributed by atoms with Gasteiger partial charge >= 0.3 is 11.7 Å². The Kier molecular flexibility index (Phi) is 13.8. The molecule has 13 heteroatoms. The molecular weight excluding hydrogens is 562 g/mol. The molecule has 4 atom stereocenters. The van der Waals surface area contributed by atoms with E-state index in [9.17, 15) is 29.1 Å². The second-order valence-corrected chi connectivity index (χ2v) is 17.3. The Hall–Kier alpha value is -2.61. The first-order valence-corrected chi connectivity index (χ1v) is 17.2. The first-order valence-electron chi connectivity index (χ1n) is 15.0. The molecule has 1 amide bonds. The Morgan fingerprint density at radius 2 is 1.64 bits per heavy atom. The topological polar surface area (TPSA) is 166 Å². The normalized spacial score (nSPS) is 20.8. The van der Waals surface area contributed by atoms with E-state index in [2.05, 4.69) is 51.8 Å². The number of H-pyrrole nitrogens is 1. The van der Waals surface area contributed by atoms with Gasteiger partial charge in [0.25, 0.3) is 5.56 Å². The van der Waals surface area contributed by atoms with Gasteiger partial charge < -0.3 is 24.3 Å². The summed E-state index contributed by atoms with van der Waals surface area (Å²) in [4.78, 5) is 64.0. The fraction of sp³-hybridized carbons (Fsp3) is 0.759. The molecule has 0 bridgehead atoms. The number of ether oxygens (including phenoxy) is 2. The highest BCUT2D eigenvalue weighted by molar-refractivity contribution is 6.77. The molecular formula is C29H49N3O9Si. The van der Waals surface area contributed by atoms with Gasteiger partial charge in [0, 0.05) is 38.1 Å². The lowest BCUT2D eigenvalue weighted by Crippen LogP contribution is -2.54. The Balaban J connectivity index is 2.27. The van der Waals surface area contributed by atoms with Crippen LogP contribution >= 0.6 is 0 Å². The van der Waals surface area contributed by atoms with Crippen LogP contribution in [0.2, 0.25) is 16.6 Å². The van der Waals surface area contributed by atoms with Gasteiger partial charge in [-0.2, -0.15) is 0 Å². The number of unbranched alkanes of at least 4 members (excludes halogenated alkanes) is 1. The summed E-state index contributed by atoms with van der Waals surface area (Å²) in [5.74, 6) is -1.13. The summed E-state index contributed by atoms with van der Waals surface area (Å²) in [7, 11) is -2.63. The van der Waals surface area contributed by atoms with E-state index in [0.717, 1.165) is 12.8 Å². The van der Waals surface area contributed by atoms with Crippen LogP contribution in [0.5, 0.6) is 0 Å². The number of esters is 1. The van der Waals surface area contributed by atoms with Gasteiger partial charge in [-0.25, -0.2) is 4.79 Å². The van der Waals surface area contributed by atoms with Crippen molar-refractivity contribution in [3.63, 3.8) is 0 Å². The SMILES string of the molecule is CCCCNC(=O)CCC(=O)CCC(=O)O[C@@H]1C(O[Si](C(C)C)(C(C)C)C(C)C)[C@H](n2ccc(=O)[nH]c2=O)O[C@@H]1CO. The summed E-state index contributed by atoms with van der Waals surface area (Å²) >= 11 is 0. The number of Topliss-reactive ketones (excluding diaryl/α,β-unsaturated/α-hetero) is 1. The van der Waals surface area contributed by atoms with Crippen LogP contribution in [0.3, 0.4) is 0 Å². The largest absolute Gasteiger partial charge is 0.457 e. The monoisotopic (exact) mass is 611 g/mol. The lowest BCUT2D eigenvalue weighted by Gasteiger charge is -2.45. The molecule has 0 spiro atoms. The van der Waals surface area contributed by atoms with Crippen LogP contribution in [-0.2, 0) is 28.3 Å². The highest BCUT2D eigenvalue weighted by atomic mass is 28.4. The molecule has 0 radical (unpaired) electrons. The van der Waals surface area contributed by atoms with Gasteiger partial charge in [-0.05, 0) is 23.0 Å². The minimum absolute atomic E-state index is 0.0191. The molecule has 1 fully saturated rings. The molecule has 1 unspecified atom stereocenters. The van der Waals surface area contributed by atoms with Gasteiger partial charge in [0.1, 0.15) is 18.0 Å². The number of rotatable bonds is 17. The summed E-state index contributed by atoms with van der Waals surface area (Å²) in [6.07, 6.45) is -1.27. The fourth-order valence-corrected chi connectivity index (χ4v) is 11.5. The molecule has 0 saturated carbocycles. The standard InChI is InChI=1S/C29H49N3O9Si/c1-8-9-15-30-23(35)12-10-21(34)11-13-25(37)40-26-22(17-33)39-28(32-16-14-24(36)31-29(32)38)27(26)41-42(18(2)3,19(4)5)20(6)7/h14,16,18-20,22,26-28,33H,8-13,15,17H2,1-7H3,(H,30,35)(H,31,36,38)/t22-,26+,27?,28-/m1/s1. The zero-order valence-corrected chi connectivity index (χ0v) is 27.0. The number of amides is 1. The van der Waals surface area contributed by atoms with E-state index < -0.39 is 56.7 Å². The third kappa shape index (κ3) is 8.95. The Morgan fingerprint density at radius 1 is 1.02 bits per heavy atom. The van der Waals surface area contributed by atoms with E-state index >= 15 is 0 Å². The predicted octanol–water partition coefficient (Wildman–Crippen LogP) is 2.94. The van der Waals surface area contributed by atoms with Gasteiger partial charge in [0.2, 0.25) is 14.2 Å². The van der Waals surface area contributed by atoms with Gasteiger partial charge in [-0.3, -0.25) is 28.7 Å². The third-order valence-corrected chi connectivity index (χ3v) is 14.1. The van der Waals surface area contributed by atoms with E-state index in [1.165, 1.54) is 16.8 Å². The number of carbonyl (C=O) groups excluding carboxylic acids is 3.